The topological polar surface area (TPSA) is 29.3 Å². The minimum Gasteiger partial charge on any atom is -0.323 e. The van der Waals surface area contributed by atoms with Crippen molar-refractivity contribution in [2.45, 2.75) is 58.5 Å². The monoisotopic (exact) mass is 274 g/mol. The second-order valence-corrected chi connectivity index (χ2v) is 6.45. The summed E-state index contributed by atoms with van der Waals surface area (Å²) in [5, 5.41) is 0. The van der Waals surface area contributed by atoms with E-state index in [9.17, 15) is 0 Å². The van der Waals surface area contributed by atoms with Gasteiger partial charge in [-0.05, 0) is 49.8 Å². The summed E-state index contributed by atoms with van der Waals surface area (Å²) in [7, 11) is 0. The Kier molecular flexibility index (Phi) is 5.62. The molecule has 0 bridgehead atoms. The molecule has 1 fully saturated rings. The highest BCUT2D eigenvalue weighted by molar-refractivity contribution is 5.25. The number of likely N-dealkylation sites (tertiary alicyclic amines) is 1. The van der Waals surface area contributed by atoms with Crippen molar-refractivity contribution in [2.24, 2.45) is 11.7 Å². The smallest absolute Gasteiger partial charge is 0.0424 e. The van der Waals surface area contributed by atoms with Gasteiger partial charge in [-0.3, -0.25) is 4.90 Å². The second-order valence-electron chi connectivity index (χ2n) is 6.45. The number of aryl methyl sites for hydroxylation is 1. The van der Waals surface area contributed by atoms with E-state index in [-0.39, 0.29) is 6.04 Å². The van der Waals surface area contributed by atoms with Gasteiger partial charge in [-0.25, -0.2) is 0 Å². The van der Waals surface area contributed by atoms with E-state index in [1.54, 1.807) is 0 Å². The van der Waals surface area contributed by atoms with Crippen LogP contribution in [0.3, 0.4) is 0 Å². The van der Waals surface area contributed by atoms with Crippen LogP contribution in [-0.2, 0) is 6.42 Å². The predicted octanol–water partition coefficient (Wildman–Crippen LogP) is 3.76. The molecule has 20 heavy (non-hydrogen) atoms. The molecular weight excluding hydrogens is 244 g/mol. The summed E-state index contributed by atoms with van der Waals surface area (Å²) in [6.45, 7) is 9.12. The van der Waals surface area contributed by atoms with E-state index in [1.165, 1.54) is 36.9 Å². The average Bonchev–Trinajstić information content (AvgIpc) is 2.45. The van der Waals surface area contributed by atoms with Crippen LogP contribution in [0.15, 0.2) is 24.3 Å². The fraction of sp³-hybridized carbons (Fsp3) is 0.667. The normalized spacial score (nSPS) is 25.6. The lowest BCUT2D eigenvalue weighted by molar-refractivity contribution is 0.107. The summed E-state index contributed by atoms with van der Waals surface area (Å²) < 4.78 is 0. The molecule has 2 rings (SSSR count). The van der Waals surface area contributed by atoms with Crippen LogP contribution in [0.5, 0.6) is 0 Å². The van der Waals surface area contributed by atoms with Gasteiger partial charge in [0.05, 0.1) is 0 Å². The zero-order valence-electron chi connectivity index (χ0n) is 13.3. The number of nitrogens with two attached hydrogens (primary N) is 1. The van der Waals surface area contributed by atoms with E-state index in [4.69, 9.17) is 5.73 Å². The SMILES string of the molecule is CCCc1ccc(C(N)CN2CCCC(C)C2C)cc1. The first kappa shape index (κ1) is 15.5. The lowest BCUT2D eigenvalue weighted by atomic mass is 9.91. The molecule has 112 valence electrons. The van der Waals surface area contributed by atoms with Crippen molar-refractivity contribution in [1.82, 2.24) is 4.90 Å². The molecule has 0 saturated carbocycles. The zero-order chi connectivity index (χ0) is 14.5. The average molecular weight is 274 g/mol. The molecule has 1 aliphatic heterocycles. The fourth-order valence-corrected chi connectivity index (χ4v) is 3.26. The minimum atomic E-state index is 0.137. The molecule has 1 heterocycles. The van der Waals surface area contributed by atoms with Crippen molar-refractivity contribution in [2.75, 3.05) is 13.1 Å². The number of benzene rings is 1. The van der Waals surface area contributed by atoms with Gasteiger partial charge in [0.25, 0.3) is 0 Å². The molecule has 3 atom stereocenters. The summed E-state index contributed by atoms with van der Waals surface area (Å²) in [5.74, 6) is 0.794. The number of nitrogens with zero attached hydrogens (tertiary/aromatic N) is 1. The summed E-state index contributed by atoms with van der Waals surface area (Å²) in [6, 6.07) is 9.70. The third-order valence-electron chi connectivity index (χ3n) is 4.88. The minimum absolute atomic E-state index is 0.137. The van der Waals surface area contributed by atoms with E-state index < -0.39 is 0 Å². The summed E-state index contributed by atoms with van der Waals surface area (Å²) in [6.07, 6.45) is 5.04. The molecule has 2 nitrogen and oxygen atoms in total. The highest BCUT2D eigenvalue weighted by Gasteiger charge is 2.25. The molecule has 1 aromatic rings. The zero-order valence-corrected chi connectivity index (χ0v) is 13.3. The van der Waals surface area contributed by atoms with Gasteiger partial charge in [0.15, 0.2) is 0 Å². The van der Waals surface area contributed by atoms with Gasteiger partial charge in [0.2, 0.25) is 0 Å². The predicted molar refractivity (Wildman–Crippen MR) is 86.8 cm³/mol. The molecule has 0 spiro atoms. The van der Waals surface area contributed by atoms with Crippen LogP contribution in [0.4, 0.5) is 0 Å². The lowest BCUT2D eigenvalue weighted by Gasteiger charge is -2.39. The van der Waals surface area contributed by atoms with Crippen molar-refractivity contribution >= 4 is 0 Å². The molecule has 0 aliphatic carbocycles. The van der Waals surface area contributed by atoms with Crippen LogP contribution in [-0.4, -0.2) is 24.0 Å². The van der Waals surface area contributed by atoms with Gasteiger partial charge < -0.3 is 5.73 Å². The summed E-state index contributed by atoms with van der Waals surface area (Å²) in [4.78, 5) is 2.57. The molecule has 2 N–H and O–H groups in total. The molecule has 0 radical (unpaired) electrons. The third-order valence-corrected chi connectivity index (χ3v) is 4.88. The van der Waals surface area contributed by atoms with Gasteiger partial charge in [0.1, 0.15) is 0 Å². The maximum atomic E-state index is 6.42. The maximum Gasteiger partial charge on any atom is 0.0424 e. The van der Waals surface area contributed by atoms with Gasteiger partial charge in [-0.2, -0.15) is 0 Å². The quantitative estimate of drug-likeness (QED) is 0.886. The molecule has 1 aromatic carbocycles. The van der Waals surface area contributed by atoms with Crippen molar-refractivity contribution in [3.05, 3.63) is 35.4 Å². The van der Waals surface area contributed by atoms with Crippen molar-refractivity contribution in [1.29, 1.82) is 0 Å². The van der Waals surface area contributed by atoms with E-state index in [0.717, 1.165) is 18.9 Å². The van der Waals surface area contributed by atoms with Gasteiger partial charge in [0, 0.05) is 18.6 Å². The van der Waals surface area contributed by atoms with E-state index in [0.29, 0.717) is 6.04 Å². The first-order valence-electron chi connectivity index (χ1n) is 8.20. The maximum absolute atomic E-state index is 6.42. The summed E-state index contributed by atoms with van der Waals surface area (Å²) in [5.41, 5.74) is 9.11. The Bertz CT molecular complexity index is 398. The first-order valence-corrected chi connectivity index (χ1v) is 8.20. The second kappa shape index (κ2) is 7.24. The molecule has 2 heteroatoms. The Morgan fingerprint density at radius 1 is 1.25 bits per heavy atom. The van der Waals surface area contributed by atoms with Crippen LogP contribution in [0.25, 0.3) is 0 Å². The lowest BCUT2D eigenvalue weighted by Crippen LogP contribution is -2.45. The number of piperidine rings is 1. The van der Waals surface area contributed by atoms with E-state index in [1.807, 2.05) is 0 Å². The highest BCUT2D eigenvalue weighted by atomic mass is 15.2. The molecule has 1 aliphatic rings. The molecule has 0 amide bonds. The van der Waals surface area contributed by atoms with Crippen molar-refractivity contribution in [3.8, 4) is 0 Å². The van der Waals surface area contributed by atoms with Gasteiger partial charge in [-0.1, -0.05) is 44.5 Å². The Balaban J connectivity index is 1.95. The number of rotatable bonds is 5. The van der Waals surface area contributed by atoms with Crippen LogP contribution >= 0.6 is 0 Å². The largest absolute Gasteiger partial charge is 0.323 e. The fourth-order valence-electron chi connectivity index (χ4n) is 3.26. The van der Waals surface area contributed by atoms with Crippen LogP contribution in [0.2, 0.25) is 0 Å². The highest BCUT2D eigenvalue weighted by Crippen LogP contribution is 2.24. The number of hydrogen-bond acceptors (Lipinski definition) is 2. The van der Waals surface area contributed by atoms with Gasteiger partial charge in [-0.15, -0.1) is 0 Å². The van der Waals surface area contributed by atoms with Crippen LogP contribution in [0.1, 0.15) is 57.2 Å². The van der Waals surface area contributed by atoms with E-state index >= 15 is 0 Å². The Morgan fingerprint density at radius 3 is 2.60 bits per heavy atom. The Labute approximate surface area is 124 Å². The van der Waals surface area contributed by atoms with Crippen molar-refractivity contribution < 1.29 is 0 Å². The molecule has 0 aromatic heterocycles. The van der Waals surface area contributed by atoms with Gasteiger partial charge >= 0.3 is 0 Å². The van der Waals surface area contributed by atoms with Crippen LogP contribution < -0.4 is 5.73 Å². The number of hydrogen-bond donors (Lipinski definition) is 1. The van der Waals surface area contributed by atoms with Crippen molar-refractivity contribution in [3.63, 3.8) is 0 Å². The molecule has 3 unspecified atom stereocenters. The van der Waals surface area contributed by atoms with E-state index in [2.05, 4.69) is 49.9 Å². The molecule has 1 saturated heterocycles. The summed E-state index contributed by atoms with van der Waals surface area (Å²) >= 11 is 0. The first-order chi connectivity index (χ1) is 9.61. The molecular formula is C18H30N2. The van der Waals surface area contributed by atoms with Crippen LogP contribution in [0, 0.1) is 5.92 Å². The third kappa shape index (κ3) is 3.83. The Hall–Kier alpha value is -0.860. The Morgan fingerprint density at radius 2 is 1.95 bits per heavy atom. The standard InChI is InChI=1S/C18H30N2/c1-4-6-16-8-10-17(11-9-16)18(19)13-20-12-5-7-14(2)15(20)3/h8-11,14-15,18H,4-7,12-13,19H2,1-3H3.